The summed E-state index contributed by atoms with van der Waals surface area (Å²) < 4.78 is 0. The lowest BCUT2D eigenvalue weighted by molar-refractivity contribution is -0.118. The molecule has 0 aromatic heterocycles. The van der Waals surface area contributed by atoms with Crippen molar-refractivity contribution < 1.29 is 9.59 Å². The summed E-state index contributed by atoms with van der Waals surface area (Å²) in [6.07, 6.45) is 0.887. The Bertz CT molecular complexity index is 525. The third-order valence-electron chi connectivity index (χ3n) is 3.65. The van der Waals surface area contributed by atoms with Gasteiger partial charge in [0.2, 0.25) is 11.8 Å². The fourth-order valence-corrected chi connectivity index (χ4v) is 2.93. The topological polar surface area (TPSA) is 40.6 Å². The second-order valence-corrected chi connectivity index (χ2v) is 5.79. The molecule has 0 unspecified atom stereocenters. The largest absolute Gasteiger partial charge is 0.309 e. The number of fused-ring (bicyclic) bond motifs is 1. The predicted octanol–water partition coefficient (Wildman–Crippen LogP) is 2.82. The molecule has 0 radical (unpaired) electrons. The van der Waals surface area contributed by atoms with E-state index >= 15 is 0 Å². The van der Waals surface area contributed by atoms with Crippen LogP contribution in [0.1, 0.15) is 34.1 Å². The van der Waals surface area contributed by atoms with Crippen molar-refractivity contribution >= 4 is 23.2 Å². The van der Waals surface area contributed by atoms with Crippen molar-refractivity contribution in [3.8, 4) is 0 Å². The molecule has 1 atom stereocenters. The van der Waals surface area contributed by atoms with Gasteiger partial charge in [0.25, 0.3) is 0 Å². The molecule has 2 rings (SSSR count). The average Bonchev–Trinajstić information content (AvgIpc) is 2.36. The Kier molecular flexibility index (Phi) is 4.12. The Labute approximate surface area is 120 Å². The van der Waals surface area contributed by atoms with E-state index in [-0.39, 0.29) is 17.9 Å². The fourth-order valence-electron chi connectivity index (χ4n) is 2.93. The van der Waals surface area contributed by atoms with Gasteiger partial charge in [-0.2, -0.15) is 0 Å². The molecular formula is C16H22N2O2. The van der Waals surface area contributed by atoms with Gasteiger partial charge in [-0.05, 0) is 24.5 Å². The van der Waals surface area contributed by atoms with Gasteiger partial charge in [0.15, 0.2) is 0 Å². The molecule has 4 nitrogen and oxygen atoms in total. The first kappa shape index (κ1) is 14.6. The summed E-state index contributed by atoms with van der Waals surface area (Å²) in [7, 11) is 0. The van der Waals surface area contributed by atoms with Crippen LogP contribution in [0.3, 0.4) is 0 Å². The van der Waals surface area contributed by atoms with Crippen molar-refractivity contribution in [2.75, 3.05) is 16.3 Å². The van der Waals surface area contributed by atoms with Crippen molar-refractivity contribution in [1.29, 1.82) is 0 Å². The van der Waals surface area contributed by atoms with E-state index in [1.54, 1.807) is 18.7 Å². The minimum absolute atomic E-state index is 0.0226. The standard InChI is InChI=1S/C16H22N2O2/c1-11(2)9-14-10-17(12(3)19)15-7-5-6-8-16(15)18(14)13(4)20/h5-8,11,14H,9-10H2,1-4H3/t14-/m0/s1. The van der Waals surface area contributed by atoms with E-state index in [4.69, 9.17) is 0 Å². The van der Waals surface area contributed by atoms with Gasteiger partial charge in [-0.25, -0.2) is 0 Å². The Morgan fingerprint density at radius 2 is 1.75 bits per heavy atom. The van der Waals surface area contributed by atoms with Crippen LogP contribution in [0.5, 0.6) is 0 Å². The number of anilines is 2. The third kappa shape index (κ3) is 2.69. The maximum Gasteiger partial charge on any atom is 0.224 e. The number of carbonyl (C=O) groups excluding carboxylic acids is 2. The molecule has 0 aliphatic carbocycles. The molecule has 0 spiro atoms. The molecule has 2 amide bonds. The highest BCUT2D eigenvalue weighted by atomic mass is 16.2. The second kappa shape index (κ2) is 5.65. The minimum Gasteiger partial charge on any atom is -0.309 e. The van der Waals surface area contributed by atoms with Gasteiger partial charge in [-0.1, -0.05) is 26.0 Å². The van der Waals surface area contributed by atoms with E-state index in [9.17, 15) is 9.59 Å². The number of para-hydroxylation sites is 2. The number of rotatable bonds is 2. The molecule has 1 aromatic carbocycles. The zero-order chi connectivity index (χ0) is 14.9. The highest BCUT2D eigenvalue weighted by Crippen LogP contribution is 2.37. The molecule has 0 N–H and O–H groups in total. The van der Waals surface area contributed by atoms with Crippen LogP contribution in [0.2, 0.25) is 0 Å². The molecule has 0 bridgehead atoms. The number of hydrogen-bond acceptors (Lipinski definition) is 2. The van der Waals surface area contributed by atoms with Gasteiger partial charge >= 0.3 is 0 Å². The number of carbonyl (C=O) groups is 2. The number of benzene rings is 1. The van der Waals surface area contributed by atoms with Crippen LogP contribution in [-0.2, 0) is 9.59 Å². The lowest BCUT2D eigenvalue weighted by atomic mass is 9.97. The predicted molar refractivity (Wildman–Crippen MR) is 80.9 cm³/mol. The smallest absolute Gasteiger partial charge is 0.224 e. The van der Waals surface area contributed by atoms with E-state index in [0.29, 0.717) is 12.5 Å². The molecule has 0 fully saturated rings. The first-order valence-electron chi connectivity index (χ1n) is 7.08. The van der Waals surface area contributed by atoms with Crippen LogP contribution in [0.25, 0.3) is 0 Å². The summed E-state index contributed by atoms with van der Waals surface area (Å²) in [6, 6.07) is 7.67. The molecule has 1 aliphatic rings. The molecule has 1 heterocycles. The molecule has 0 saturated carbocycles. The fraction of sp³-hybridized carbons (Fsp3) is 0.500. The lowest BCUT2D eigenvalue weighted by Gasteiger charge is -2.42. The highest BCUT2D eigenvalue weighted by Gasteiger charge is 2.34. The van der Waals surface area contributed by atoms with E-state index in [1.165, 1.54) is 0 Å². The van der Waals surface area contributed by atoms with Crippen molar-refractivity contribution in [2.24, 2.45) is 5.92 Å². The minimum atomic E-state index is 0.0226. The lowest BCUT2D eigenvalue weighted by Crippen LogP contribution is -2.52. The number of hydrogen-bond donors (Lipinski definition) is 0. The van der Waals surface area contributed by atoms with Gasteiger partial charge in [0.05, 0.1) is 17.4 Å². The summed E-state index contributed by atoms with van der Waals surface area (Å²) in [4.78, 5) is 27.6. The molecule has 20 heavy (non-hydrogen) atoms. The van der Waals surface area contributed by atoms with Gasteiger partial charge in [0, 0.05) is 20.4 Å². The van der Waals surface area contributed by atoms with Crippen LogP contribution in [0, 0.1) is 5.92 Å². The van der Waals surface area contributed by atoms with Gasteiger partial charge in [-0.3, -0.25) is 9.59 Å². The zero-order valence-electron chi connectivity index (χ0n) is 12.6. The molecule has 1 aliphatic heterocycles. The van der Waals surface area contributed by atoms with E-state index < -0.39 is 0 Å². The van der Waals surface area contributed by atoms with Gasteiger partial charge in [0.1, 0.15) is 0 Å². The van der Waals surface area contributed by atoms with Gasteiger partial charge < -0.3 is 9.80 Å². The maximum absolute atomic E-state index is 12.1. The SMILES string of the molecule is CC(=O)N1C[C@H](CC(C)C)N(C(C)=O)c2ccccc21. The average molecular weight is 274 g/mol. The van der Waals surface area contributed by atoms with Crippen LogP contribution in [0.4, 0.5) is 11.4 Å². The second-order valence-electron chi connectivity index (χ2n) is 5.79. The number of amides is 2. The van der Waals surface area contributed by atoms with Crippen molar-refractivity contribution in [1.82, 2.24) is 0 Å². The molecule has 0 saturated heterocycles. The molecule has 1 aromatic rings. The summed E-state index contributed by atoms with van der Waals surface area (Å²) in [5.41, 5.74) is 1.67. The van der Waals surface area contributed by atoms with Crippen molar-refractivity contribution in [2.45, 2.75) is 40.2 Å². The summed E-state index contributed by atoms with van der Waals surface area (Å²) in [5.74, 6) is 0.529. The summed E-state index contributed by atoms with van der Waals surface area (Å²) in [6.45, 7) is 8.01. The monoisotopic (exact) mass is 274 g/mol. The van der Waals surface area contributed by atoms with Crippen LogP contribution in [0.15, 0.2) is 24.3 Å². The Hall–Kier alpha value is -1.84. The Morgan fingerprint density at radius 3 is 2.25 bits per heavy atom. The quantitative estimate of drug-likeness (QED) is 0.832. The molecular weight excluding hydrogens is 252 g/mol. The van der Waals surface area contributed by atoms with Gasteiger partial charge in [-0.15, -0.1) is 0 Å². The summed E-state index contributed by atoms with van der Waals surface area (Å²) in [5, 5.41) is 0. The Morgan fingerprint density at radius 1 is 1.15 bits per heavy atom. The molecule has 4 heteroatoms. The van der Waals surface area contributed by atoms with Crippen LogP contribution in [-0.4, -0.2) is 24.4 Å². The molecule has 108 valence electrons. The third-order valence-corrected chi connectivity index (χ3v) is 3.65. The maximum atomic E-state index is 12.1. The highest BCUT2D eigenvalue weighted by molar-refractivity contribution is 6.03. The van der Waals surface area contributed by atoms with Crippen molar-refractivity contribution in [3.63, 3.8) is 0 Å². The van der Waals surface area contributed by atoms with Crippen molar-refractivity contribution in [3.05, 3.63) is 24.3 Å². The number of nitrogens with zero attached hydrogens (tertiary/aromatic N) is 2. The summed E-state index contributed by atoms with van der Waals surface area (Å²) >= 11 is 0. The van der Waals surface area contributed by atoms with Crippen LogP contribution >= 0.6 is 0 Å². The van der Waals surface area contributed by atoms with Crippen LogP contribution < -0.4 is 9.80 Å². The normalized spacial score (nSPS) is 18.1. The Balaban J connectivity index is 2.49. The zero-order valence-corrected chi connectivity index (χ0v) is 12.6. The van der Waals surface area contributed by atoms with E-state index in [0.717, 1.165) is 17.8 Å². The van der Waals surface area contributed by atoms with E-state index in [2.05, 4.69) is 13.8 Å². The first-order chi connectivity index (χ1) is 9.41. The van der Waals surface area contributed by atoms with E-state index in [1.807, 2.05) is 29.2 Å². The first-order valence-corrected chi connectivity index (χ1v) is 7.08.